The minimum absolute atomic E-state index is 0.395. The Morgan fingerprint density at radius 2 is 2.24 bits per heavy atom. The van der Waals surface area contributed by atoms with Crippen LogP contribution in [0.5, 0.6) is 0 Å². The summed E-state index contributed by atoms with van der Waals surface area (Å²) in [5.74, 6) is 2.83. The molecule has 0 amide bonds. The Morgan fingerprint density at radius 3 is 2.88 bits per heavy atom. The van der Waals surface area contributed by atoms with E-state index in [1.165, 1.54) is 19.3 Å². The van der Waals surface area contributed by atoms with Crippen molar-refractivity contribution in [3.8, 4) is 6.07 Å². The van der Waals surface area contributed by atoms with Crippen molar-refractivity contribution in [1.29, 1.82) is 5.26 Å². The van der Waals surface area contributed by atoms with E-state index in [1.807, 2.05) is 12.1 Å². The van der Waals surface area contributed by atoms with E-state index >= 15 is 0 Å². The Morgan fingerprint density at radius 1 is 1.41 bits per heavy atom. The van der Waals surface area contributed by atoms with Crippen LogP contribution in [0.1, 0.15) is 44.6 Å². The fourth-order valence-corrected chi connectivity index (χ4v) is 2.73. The number of nitrogens with zero attached hydrogens (tertiary/aromatic N) is 1. The van der Waals surface area contributed by atoms with Gasteiger partial charge >= 0.3 is 0 Å². The molecule has 0 radical (unpaired) electrons. The van der Waals surface area contributed by atoms with Crippen molar-refractivity contribution in [2.75, 3.05) is 0 Å². The average Bonchev–Trinajstić information content (AvgIpc) is 2.76. The van der Waals surface area contributed by atoms with Crippen LogP contribution in [0, 0.1) is 23.2 Å². The summed E-state index contributed by atoms with van der Waals surface area (Å²) in [4.78, 5) is 0. The molecule has 3 nitrogen and oxygen atoms in total. The summed E-state index contributed by atoms with van der Waals surface area (Å²) >= 11 is 0. The lowest BCUT2D eigenvalue weighted by atomic mass is 9.80. The first kappa shape index (κ1) is 12.2. The Bertz CT molecular complexity index is 405. The van der Waals surface area contributed by atoms with Crippen molar-refractivity contribution in [2.24, 2.45) is 11.8 Å². The zero-order valence-electron chi connectivity index (χ0n) is 10.6. The van der Waals surface area contributed by atoms with E-state index in [2.05, 4.69) is 19.2 Å². The topological polar surface area (TPSA) is 49.0 Å². The highest BCUT2D eigenvalue weighted by molar-refractivity contribution is 5.19. The molecule has 3 heteroatoms. The monoisotopic (exact) mass is 232 g/mol. The van der Waals surface area contributed by atoms with E-state index < -0.39 is 0 Å². The highest BCUT2D eigenvalue weighted by Gasteiger charge is 2.24. The van der Waals surface area contributed by atoms with Crippen LogP contribution >= 0.6 is 0 Å². The normalized spacial score (nSPS) is 28.9. The summed E-state index contributed by atoms with van der Waals surface area (Å²) in [6, 6.07) is 6.19. The number of nitrogens with one attached hydrogen (secondary N) is 1. The zero-order chi connectivity index (χ0) is 12.3. The Labute approximate surface area is 103 Å². The maximum absolute atomic E-state index is 8.67. The van der Waals surface area contributed by atoms with Crippen molar-refractivity contribution in [2.45, 2.75) is 45.7 Å². The SMILES string of the molecule is CC1CCC(NCc2ccc(C#N)o2)C(C)C1. The number of nitriles is 1. The Balaban J connectivity index is 1.84. The van der Waals surface area contributed by atoms with Gasteiger partial charge in [0.05, 0.1) is 6.54 Å². The summed E-state index contributed by atoms with van der Waals surface area (Å²) < 4.78 is 5.36. The molecule has 1 aliphatic rings. The average molecular weight is 232 g/mol. The molecular weight excluding hydrogens is 212 g/mol. The van der Waals surface area contributed by atoms with Gasteiger partial charge in [-0.3, -0.25) is 0 Å². The van der Waals surface area contributed by atoms with E-state index in [9.17, 15) is 0 Å². The largest absolute Gasteiger partial charge is 0.449 e. The minimum Gasteiger partial charge on any atom is -0.449 e. The van der Waals surface area contributed by atoms with Gasteiger partial charge in [0.2, 0.25) is 5.76 Å². The van der Waals surface area contributed by atoms with Crippen molar-refractivity contribution in [3.05, 3.63) is 23.7 Å². The highest BCUT2D eigenvalue weighted by atomic mass is 16.3. The van der Waals surface area contributed by atoms with Crippen molar-refractivity contribution in [3.63, 3.8) is 0 Å². The molecule has 1 aliphatic carbocycles. The van der Waals surface area contributed by atoms with Crippen LogP contribution < -0.4 is 5.32 Å². The molecule has 1 heterocycles. The molecule has 2 rings (SSSR count). The van der Waals surface area contributed by atoms with Crippen LogP contribution in [0.15, 0.2) is 16.5 Å². The van der Waals surface area contributed by atoms with Gasteiger partial charge < -0.3 is 9.73 Å². The second kappa shape index (κ2) is 5.37. The summed E-state index contributed by atoms with van der Waals surface area (Å²) in [5, 5.41) is 12.2. The summed E-state index contributed by atoms with van der Waals surface area (Å²) in [6.07, 6.45) is 3.86. The van der Waals surface area contributed by atoms with Gasteiger partial charge in [0, 0.05) is 6.04 Å². The molecular formula is C14H20N2O. The molecule has 1 aromatic rings. The molecule has 0 saturated heterocycles. The molecule has 92 valence electrons. The van der Waals surface area contributed by atoms with Crippen molar-refractivity contribution in [1.82, 2.24) is 5.32 Å². The second-order valence-electron chi connectivity index (χ2n) is 5.26. The lowest BCUT2D eigenvalue weighted by Gasteiger charge is -2.33. The molecule has 0 aromatic carbocycles. The first-order valence-corrected chi connectivity index (χ1v) is 6.41. The molecule has 1 fully saturated rings. The quantitative estimate of drug-likeness (QED) is 0.871. The number of rotatable bonds is 3. The third-order valence-corrected chi connectivity index (χ3v) is 3.74. The van der Waals surface area contributed by atoms with Gasteiger partial charge in [-0.2, -0.15) is 5.26 Å². The van der Waals surface area contributed by atoms with Crippen LogP contribution in [0.25, 0.3) is 0 Å². The van der Waals surface area contributed by atoms with Gasteiger partial charge in [0.1, 0.15) is 11.8 Å². The van der Waals surface area contributed by atoms with E-state index in [0.29, 0.717) is 11.8 Å². The first-order valence-electron chi connectivity index (χ1n) is 6.41. The maximum atomic E-state index is 8.67. The van der Waals surface area contributed by atoms with Crippen LogP contribution in [-0.4, -0.2) is 6.04 Å². The van der Waals surface area contributed by atoms with Gasteiger partial charge in [0.25, 0.3) is 0 Å². The van der Waals surface area contributed by atoms with Crippen LogP contribution in [-0.2, 0) is 6.54 Å². The molecule has 17 heavy (non-hydrogen) atoms. The van der Waals surface area contributed by atoms with E-state index in [4.69, 9.17) is 9.68 Å². The van der Waals surface area contributed by atoms with Crippen molar-refractivity contribution >= 4 is 0 Å². The number of furan rings is 1. The molecule has 3 atom stereocenters. The van der Waals surface area contributed by atoms with Crippen LogP contribution in [0.3, 0.4) is 0 Å². The van der Waals surface area contributed by atoms with E-state index in [-0.39, 0.29) is 0 Å². The van der Waals surface area contributed by atoms with E-state index in [1.54, 1.807) is 6.07 Å². The molecule has 0 aliphatic heterocycles. The first-order chi connectivity index (χ1) is 8.19. The molecule has 0 spiro atoms. The predicted octanol–water partition coefficient (Wildman–Crippen LogP) is 3.07. The smallest absolute Gasteiger partial charge is 0.203 e. The minimum atomic E-state index is 0.395. The summed E-state index contributed by atoms with van der Waals surface area (Å²) in [7, 11) is 0. The molecule has 1 saturated carbocycles. The second-order valence-corrected chi connectivity index (χ2v) is 5.26. The number of hydrogen-bond donors (Lipinski definition) is 1. The molecule has 3 unspecified atom stereocenters. The fourth-order valence-electron chi connectivity index (χ4n) is 2.73. The third kappa shape index (κ3) is 3.10. The highest BCUT2D eigenvalue weighted by Crippen LogP contribution is 2.28. The summed E-state index contributed by atoms with van der Waals surface area (Å²) in [6.45, 7) is 5.37. The molecule has 0 bridgehead atoms. The lowest BCUT2D eigenvalue weighted by Crippen LogP contribution is -2.38. The van der Waals surface area contributed by atoms with Gasteiger partial charge in [-0.15, -0.1) is 0 Å². The zero-order valence-corrected chi connectivity index (χ0v) is 10.6. The Hall–Kier alpha value is -1.27. The van der Waals surface area contributed by atoms with Gasteiger partial charge in [0.15, 0.2) is 0 Å². The lowest BCUT2D eigenvalue weighted by molar-refractivity contribution is 0.223. The van der Waals surface area contributed by atoms with Gasteiger partial charge in [-0.25, -0.2) is 0 Å². The van der Waals surface area contributed by atoms with Gasteiger partial charge in [-0.05, 0) is 43.2 Å². The van der Waals surface area contributed by atoms with E-state index in [0.717, 1.165) is 24.1 Å². The molecule has 1 aromatic heterocycles. The fraction of sp³-hybridized carbons (Fsp3) is 0.643. The third-order valence-electron chi connectivity index (χ3n) is 3.74. The predicted molar refractivity (Wildman–Crippen MR) is 66.2 cm³/mol. The summed E-state index contributed by atoms with van der Waals surface area (Å²) in [5.41, 5.74) is 0. The van der Waals surface area contributed by atoms with Crippen molar-refractivity contribution < 1.29 is 4.42 Å². The molecule has 1 N–H and O–H groups in total. The van der Waals surface area contributed by atoms with Gasteiger partial charge in [-0.1, -0.05) is 13.8 Å². The Kier molecular flexibility index (Phi) is 3.86. The van der Waals surface area contributed by atoms with Crippen LogP contribution in [0.2, 0.25) is 0 Å². The number of hydrogen-bond acceptors (Lipinski definition) is 3. The maximum Gasteiger partial charge on any atom is 0.203 e. The standard InChI is InChI=1S/C14H20N2O/c1-10-3-6-14(11(2)7-10)16-9-13-5-4-12(8-15)17-13/h4-5,10-11,14,16H,3,6-7,9H2,1-2H3. The van der Waals surface area contributed by atoms with Crippen LogP contribution in [0.4, 0.5) is 0 Å².